The summed E-state index contributed by atoms with van der Waals surface area (Å²) >= 11 is 7.15. The highest BCUT2D eigenvalue weighted by Crippen LogP contribution is 2.24. The molecule has 1 saturated heterocycles. The molecule has 1 aliphatic rings. The lowest BCUT2D eigenvalue weighted by Crippen LogP contribution is -2.48. The van der Waals surface area contributed by atoms with Crippen LogP contribution in [0.5, 0.6) is 0 Å². The molecule has 0 bridgehead atoms. The Balaban J connectivity index is 1.55. The van der Waals surface area contributed by atoms with Crippen LogP contribution in [0, 0.1) is 5.82 Å². The molecule has 11 heteroatoms. The number of hydrogen-bond donors (Lipinski definition) is 1. The summed E-state index contributed by atoms with van der Waals surface area (Å²) in [6.45, 7) is 4.42. The van der Waals surface area contributed by atoms with Crippen LogP contribution in [0.15, 0.2) is 29.2 Å². The van der Waals surface area contributed by atoms with Crippen molar-refractivity contribution in [3.8, 4) is 0 Å². The van der Waals surface area contributed by atoms with E-state index in [9.17, 15) is 23.9 Å². The fourth-order valence-corrected chi connectivity index (χ4v) is 4.73. The standard InChI is InChI=1S/C21H20ClFN4O4S/c1-2-26-10-13(21(30)31)18(29)12-9-14(23)20(24-19(12)26)27-7-5-25(6-8-27)11-15(28)16-3-4-17(22)32-16/h3-4,9-10H,2,5-8,11H2,1H3,(H,30,31). The highest BCUT2D eigenvalue weighted by atomic mass is 35.5. The third kappa shape index (κ3) is 4.25. The Kier molecular flexibility index (Phi) is 6.27. The van der Waals surface area contributed by atoms with Crippen LogP contribution in [0.4, 0.5) is 10.2 Å². The lowest BCUT2D eigenvalue weighted by molar-refractivity contribution is 0.0694. The van der Waals surface area contributed by atoms with Crippen molar-refractivity contribution in [3.05, 3.63) is 55.2 Å². The van der Waals surface area contributed by atoms with Gasteiger partial charge in [-0.05, 0) is 25.1 Å². The van der Waals surface area contributed by atoms with Crippen molar-refractivity contribution in [2.24, 2.45) is 0 Å². The molecule has 168 valence electrons. The van der Waals surface area contributed by atoms with E-state index < -0.39 is 22.8 Å². The first-order valence-electron chi connectivity index (χ1n) is 10.0. The number of thiophene rings is 1. The number of carbonyl (C=O) groups is 2. The highest BCUT2D eigenvalue weighted by molar-refractivity contribution is 7.18. The minimum absolute atomic E-state index is 0.00782. The Labute approximate surface area is 191 Å². The summed E-state index contributed by atoms with van der Waals surface area (Å²) in [6.07, 6.45) is 1.24. The number of aryl methyl sites for hydroxylation is 1. The summed E-state index contributed by atoms with van der Waals surface area (Å²) in [5, 5.41) is 9.20. The summed E-state index contributed by atoms with van der Waals surface area (Å²) < 4.78 is 17.0. The van der Waals surface area contributed by atoms with Gasteiger partial charge in [-0.3, -0.25) is 14.5 Å². The van der Waals surface area contributed by atoms with Gasteiger partial charge in [-0.1, -0.05) is 11.6 Å². The Hall–Kier alpha value is -2.82. The van der Waals surface area contributed by atoms with Crippen LogP contribution in [0.3, 0.4) is 0 Å². The topological polar surface area (TPSA) is 95.7 Å². The highest BCUT2D eigenvalue weighted by Gasteiger charge is 2.25. The van der Waals surface area contributed by atoms with Gasteiger partial charge in [0.05, 0.1) is 21.1 Å². The average Bonchev–Trinajstić information content (AvgIpc) is 3.21. The van der Waals surface area contributed by atoms with Gasteiger partial charge in [0.1, 0.15) is 11.2 Å². The number of carboxylic acid groups (broad SMARTS) is 1. The maximum Gasteiger partial charge on any atom is 0.341 e. The molecule has 1 aliphatic heterocycles. The van der Waals surface area contributed by atoms with E-state index in [1.807, 2.05) is 4.90 Å². The molecule has 0 spiro atoms. The number of aromatic nitrogens is 2. The molecule has 1 fully saturated rings. The second-order valence-electron chi connectivity index (χ2n) is 7.42. The number of anilines is 1. The predicted octanol–water partition coefficient (Wildman–Crippen LogP) is 2.97. The van der Waals surface area contributed by atoms with Gasteiger partial charge in [0.2, 0.25) is 5.43 Å². The summed E-state index contributed by atoms with van der Waals surface area (Å²) in [7, 11) is 0. The van der Waals surface area contributed by atoms with Crippen LogP contribution in [0.25, 0.3) is 11.0 Å². The molecule has 3 aromatic heterocycles. The quantitative estimate of drug-likeness (QED) is 0.544. The van der Waals surface area contributed by atoms with Gasteiger partial charge < -0.3 is 14.6 Å². The second kappa shape index (κ2) is 8.97. The monoisotopic (exact) mass is 478 g/mol. The van der Waals surface area contributed by atoms with Gasteiger partial charge in [0, 0.05) is 38.9 Å². The van der Waals surface area contributed by atoms with Crippen LogP contribution in [-0.2, 0) is 6.54 Å². The van der Waals surface area contributed by atoms with E-state index in [0.29, 0.717) is 41.9 Å². The number of ketones is 1. The van der Waals surface area contributed by atoms with Crippen molar-refractivity contribution in [1.82, 2.24) is 14.5 Å². The van der Waals surface area contributed by atoms with E-state index in [2.05, 4.69) is 4.98 Å². The minimum Gasteiger partial charge on any atom is -0.477 e. The first-order valence-corrected chi connectivity index (χ1v) is 11.2. The Morgan fingerprint density at radius 1 is 1.25 bits per heavy atom. The molecule has 0 amide bonds. The van der Waals surface area contributed by atoms with E-state index in [4.69, 9.17) is 11.6 Å². The molecule has 0 unspecified atom stereocenters. The number of piperazine rings is 1. The minimum atomic E-state index is -1.36. The van der Waals surface area contributed by atoms with E-state index >= 15 is 0 Å². The second-order valence-corrected chi connectivity index (χ2v) is 9.13. The van der Waals surface area contributed by atoms with Gasteiger partial charge in [0.15, 0.2) is 17.4 Å². The summed E-state index contributed by atoms with van der Waals surface area (Å²) in [6, 6.07) is 4.47. The number of nitrogens with zero attached hydrogens (tertiary/aromatic N) is 4. The first-order chi connectivity index (χ1) is 15.3. The number of Topliss-reactive ketones (excluding diaryl/α,β-unsaturated/α-hetero) is 1. The lowest BCUT2D eigenvalue weighted by Gasteiger charge is -2.35. The van der Waals surface area contributed by atoms with Crippen LogP contribution in [0.1, 0.15) is 27.0 Å². The fraction of sp³-hybridized carbons (Fsp3) is 0.333. The zero-order valence-corrected chi connectivity index (χ0v) is 18.7. The SMILES string of the molecule is CCn1cc(C(=O)O)c(=O)c2cc(F)c(N3CCN(CC(=O)c4ccc(Cl)s4)CC3)nc21. The smallest absolute Gasteiger partial charge is 0.341 e. The number of rotatable bonds is 6. The molecule has 0 aliphatic carbocycles. The van der Waals surface area contributed by atoms with Crippen LogP contribution < -0.4 is 10.3 Å². The van der Waals surface area contributed by atoms with Crippen molar-refractivity contribution >= 4 is 51.5 Å². The average molecular weight is 479 g/mol. The third-order valence-corrected chi connectivity index (χ3v) is 6.71. The Morgan fingerprint density at radius 2 is 1.97 bits per heavy atom. The molecule has 4 rings (SSSR count). The largest absolute Gasteiger partial charge is 0.477 e. The number of pyridine rings is 2. The predicted molar refractivity (Wildman–Crippen MR) is 121 cm³/mol. The molecule has 0 saturated carbocycles. The van der Waals surface area contributed by atoms with Gasteiger partial charge in [-0.15, -0.1) is 11.3 Å². The van der Waals surface area contributed by atoms with Gasteiger partial charge in [0.25, 0.3) is 0 Å². The van der Waals surface area contributed by atoms with Crippen LogP contribution in [0.2, 0.25) is 4.34 Å². The maximum atomic E-state index is 14.9. The molecule has 4 heterocycles. The molecule has 32 heavy (non-hydrogen) atoms. The van der Waals surface area contributed by atoms with Gasteiger partial charge >= 0.3 is 5.97 Å². The van der Waals surface area contributed by atoms with Gasteiger partial charge in [-0.25, -0.2) is 14.2 Å². The summed E-state index contributed by atoms with van der Waals surface area (Å²) in [5.74, 6) is -1.94. The number of carbonyl (C=O) groups excluding carboxylic acids is 1. The zero-order valence-electron chi connectivity index (χ0n) is 17.2. The normalized spacial score (nSPS) is 14.8. The van der Waals surface area contributed by atoms with Crippen molar-refractivity contribution in [1.29, 1.82) is 0 Å². The Morgan fingerprint density at radius 3 is 2.56 bits per heavy atom. The van der Waals surface area contributed by atoms with E-state index in [1.165, 1.54) is 22.1 Å². The first kappa shape index (κ1) is 22.4. The Bertz CT molecular complexity index is 1270. The van der Waals surface area contributed by atoms with Crippen LogP contribution in [-0.4, -0.2) is 64.0 Å². The summed E-state index contributed by atoms with van der Waals surface area (Å²) in [5.41, 5.74) is -0.933. The number of aromatic carboxylic acids is 1. The molecule has 8 nitrogen and oxygen atoms in total. The number of fused-ring (bicyclic) bond motifs is 1. The van der Waals surface area contributed by atoms with Gasteiger partial charge in [-0.2, -0.15) is 0 Å². The maximum absolute atomic E-state index is 14.9. The fourth-order valence-electron chi connectivity index (χ4n) is 3.75. The third-order valence-electron chi connectivity index (χ3n) is 5.44. The lowest BCUT2D eigenvalue weighted by atomic mass is 10.1. The summed E-state index contributed by atoms with van der Waals surface area (Å²) in [4.78, 5) is 45.0. The number of hydrogen-bond acceptors (Lipinski definition) is 7. The van der Waals surface area contributed by atoms with Crippen molar-refractivity contribution in [2.45, 2.75) is 13.5 Å². The molecular weight excluding hydrogens is 459 g/mol. The zero-order chi connectivity index (χ0) is 23.0. The van der Waals surface area contributed by atoms with E-state index in [1.54, 1.807) is 24.0 Å². The molecule has 0 radical (unpaired) electrons. The molecule has 0 atom stereocenters. The molecule has 1 N–H and O–H groups in total. The number of carboxylic acids is 1. The van der Waals surface area contributed by atoms with Crippen LogP contribution >= 0.6 is 22.9 Å². The van der Waals surface area contributed by atoms with Crippen molar-refractivity contribution < 1.29 is 19.1 Å². The molecule has 3 aromatic rings. The van der Waals surface area contributed by atoms with Crippen molar-refractivity contribution in [3.63, 3.8) is 0 Å². The molecule has 0 aromatic carbocycles. The van der Waals surface area contributed by atoms with E-state index in [0.717, 1.165) is 6.07 Å². The molecular formula is C21H20ClFN4O4S. The van der Waals surface area contributed by atoms with Crippen molar-refractivity contribution in [2.75, 3.05) is 37.6 Å². The van der Waals surface area contributed by atoms with E-state index in [-0.39, 0.29) is 29.2 Å². The number of halogens is 2.